The molecule has 0 radical (unpaired) electrons. The van der Waals surface area contributed by atoms with Crippen molar-refractivity contribution in [3.63, 3.8) is 0 Å². The summed E-state index contributed by atoms with van der Waals surface area (Å²) in [5, 5.41) is 19.8. The lowest BCUT2D eigenvalue weighted by molar-refractivity contribution is -0.0432. The molecule has 2 aromatic heterocycles. The Labute approximate surface area is 123 Å². The summed E-state index contributed by atoms with van der Waals surface area (Å²) >= 11 is 12.3. The Balaban J connectivity index is 2.10. The predicted octanol–water partition coefficient (Wildman–Crippen LogP) is 0.438. The zero-order valence-corrected chi connectivity index (χ0v) is 11.7. The number of nitrogens with two attached hydrogens (primary N) is 1. The number of anilines is 1. The minimum atomic E-state index is -1.61. The molecule has 3 atom stereocenters. The lowest BCUT2D eigenvalue weighted by Crippen LogP contribution is -2.37. The number of ether oxygens (including phenoxy) is 1. The molecule has 0 saturated carbocycles. The molecule has 2 aromatic rings. The first kappa shape index (κ1) is 13.8. The maximum atomic E-state index is 9.99. The summed E-state index contributed by atoms with van der Waals surface area (Å²) in [7, 11) is 0. The van der Waals surface area contributed by atoms with Crippen molar-refractivity contribution in [2.45, 2.75) is 22.8 Å². The van der Waals surface area contributed by atoms with Crippen LogP contribution in [0.3, 0.4) is 0 Å². The highest BCUT2D eigenvalue weighted by Gasteiger charge is 2.55. The standard InChI is InChI=1S/C11H12Cl2N4O3/c12-11(13)7(19)6(3-18)20-10(11)17-2-1-5-8(14)15-4-16-9(5)17/h1-2,4,6-7,10,18-19H,3H2,(H2,14,15,16)/t6-,7?,10-/m1/s1. The van der Waals surface area contributed by atoms with Gasteiger partial charge in [0.25, 0.3) is 0 Å². The smallest absolute Gasteiger partial charge is 0.191 e. The Bertz CT molecular complexity index is 648. The van der Waals surface area contributed by atoms with Crippen LogP contribution in [0, 0.1) is 0 Å². The normalized spacial score (nSPS) is 29.1. The number of nitrogens with zero attached hydrogens (tertiary/aromatic N) is 3. The number of halogens is 2. The Kier molecular flexibility index (Phi) is 3.26. The fourth-order valence-corrected chi connectivity index (χ4v) is 2.89. The van der Waals surface area contributed by atoms with Crippen LogP contribution in [0.2, 0.25) is 0 Å². The van der Waals surface area contributed by atoms with E-state index in [0.29, 0.717) is 16.9 Å². The molecule has 0 spiro atoms. The maximum absolute atomic E-state index is 9.99. The van der Waals surface area contributed by atoms with Gasteiger partial charge < -0.3 is 25.3 Å². The molecule has 0 bridgehead atoms. The average molecular weight is 319 g/mol. The van der Waals surface area contributed by atoms with Crippen LogP contribution in [0.5, 0.6) is 0 Å². The number of nitrogen functional groups attached to an aromatic ring is 1. The van der Waals surface area contributed by atoms with Gasteiger partial charge in [-0.2, -0.15) is 0 Å². The molecular weight excluding hydrogens is 307 g/mol. The Morgan fingerprint density at radius 3 is 2.85 bits per heavy atom. The van der Waals surface area contributed by atoms with Crippen molar-refractivity contribution >= 4 is 40.1 Å². The van der Waals surface area contributed by atoms with Crippen molar-refractivity contribution < 1.29 is 14.9 Å². The first-order valence-corrected chi connectivity index (χ1v) is 6.61. The number of alkyl halides is 2. The number of hydrogen-bond donors (Lipinski definition) is 3. The van der Waals surface area contributed by atoms with Crippen molar-refractivity contribution in [2.24, 2.45) is 0 Å². The van der Waals surface area contributed by atoms with Crippen LogP contribution in [0.4, 0.5) is 5.82 Å². The van der Waals surface area contributed by atoms with Gasteiger partial charge in [0.1, 0.15) is 30.0 Å². The van der Waals surface area contributed by atoms with Gasteiger partial charge in [-0.1, -0.05) is 23.2 Å². The van der Waals surface area contributed by atoms with E-state index < -0.39 is 29.4 Å². The third-order valence-corrected chi connectivity index (χ3v) is 4.17. The summed E-state index contributed by atoms with van der Waals surface area (Å²) in [6, 6.07) is 1.70. The van der Waals surface area contributed by atoms with E-state index >= 15 is 0 Å². The van der Waals surface area contributed by atoms with Crippen LogP contribution in [0.1, 0.15) is 6.23 Å². The molecule has 1 fully saturated rings. The number of aromatic nitrogens is 3. The van der Waals surface area contributed by atoms with Gasteiger partial charge in [0, 0.05) is 6.20 Å². The molecule has 9 heteroatoms. The number of hydrogen-bond acceptors (Lipinski definition) is 6. The first-order chi connectivity index (χ1) is 9.46. The van der Waals surface area contributed by atoms with Gasteiger partial charge in [-0.15, -0.1) is 0 Å². The summed E-state index contributed by atoms with van der Waals surface area (Å²) in [5.41, 5.74) is 6.24. The minimum absolute atomic E-state index is 0.320. The topological polar surface area (TPSA) is 106 Å². The molecule has 108 valence electrons. The zero-order valence-electron chi connectivity index (χ0n) is 10.1. The molecule has 1 unspecified atom stereocenters. The zero-order chi connectivity index (χ0) is 14.5. The molecule has 1 aliphatic heterocycles. The van der Waals surface area contributed by atoms with Gasteiger partial charge in [0.2, 0.25) is 0 Å². The van der Waals surface area contributed by atoms with E-state index in [2.05, 4.69) is 9.97 Å². The third-order valence-electron chi connectivity index (χ3n) is 3.35. The van der Waals surface area contributed by atoms with Crippen molar-refractivity contribution in [1.29, 1.82) is 0 Å². The highest BCUT2D eigenvalue weighted by Crippen LogP contribution is 2.47. The molecule has 3 rings (SSSR count). The van der Waals surface area contributed by atoms with E-state index in [0.717, 1.165) is 0 Å². The molecule has 20 heavy (non-hydrogen) atoms. The van der Waals surface area contributed by atoms with Crippen LogP contribution in [0.15, 0.2) is 18.6 Å². The summed E-state index contributed by atoms with van der Waals surface area (Å²) < 4.78 is 5.48. The number of fused-ring (bicyclic) bond motifs is 1. The fourth-order valence-electron chi connectivity index (χ4n) is 2.30. The molecule has 0 aromatic carbocycles. The second-order valence-corrected chi connectivity index (χ2v) is 5.99. The predicted molar refractivity (Wildman–Crippen MR) is 73.4 cm³/mol. The molecule has 4 N–H and O–H groups in total. The van der Waals surface area contributed by atoms with E-state index in [1.807, 2.05) is 0 Å². The van der Waals surface area contributed by atoms with Crippen LogP contribution in [0.25, 0.3) is 11.0 Å². The van der Waals surface area contributed by atoms with Gasteiger partial charge in [0.05, 0.1) is 12.0 Å². The second kappa shape index (κ2) is 4.71. The Morgan fingerprint density at radius 1 is 1.45 bits per heavy atom. The second-order valence-electron chi connectivity index (χ2n) is 4.55. The molecule has 1 aliphatic rings. The lowest BCUT2D eigenvalue weighted by Gasteiger charge is -2.24. The van der Waals surface area contributed by atoms with E-state index in [4.69, 9.17) is 33.7 Å². The molecule has 3 heterocycles. The van der Waals surface area contributed by atoms with Crippen molar-refractivity contribution in [3.8, 4) is 0 Å². The largest absolute Gasteiger partial charge is 0.394 e. The molecular formula is C11H12Cl2N4O3. The van der Waals surface area contributed by atoms with Gasteiger partial charge in [-0.05, 0) is 6.07 Å². The monoisotopic (exact) mass is 318 g/mol. The van der Waals surface area contributed by atoms with Gasteiger partial charge in [0.15, 0.2) is 10.6 Å². The summed E-state index contributed by atoms with van der Waals surface area (Å²) in [5.74, 6) is 0.320. The SMILES string of the molecule is Nc1ncnc2c1ccn2[C@@H]1O[C@H](CO)C(O)C1(Cl)Cl. The third kappa shape index (κ3) is 1.86. The summed E-state index contributed by atoms with van der Waals surface area (Å²) in [4.78, 5) is 8.01. The van der Waals surface area contributed by atoms with Crippen LogP contribution in [-0.4, -0.2) is 47.9 Å². The quantitative estimate of drug-likeness (QED) is 0.694. The Morgan fingerprint density at radius 2 is 2.20 bits per heavy atom. The average Bonchev–Trinajstić information content (AvgIpc) is 2.92. The van der Waals surface area contributed by atoms with Crippen LogP contribution in [-0.2, 0) is 4.74 Å². The van der Waals surface area contributed by atoms with E-state index in [9.17, 15) is 10.2 Å². The fraction of sp³-hybridized carbons (Fsp3) is 0.455. The number of rotatable bonds is 2. The van der Waals surface area contributed by atoms with Gasteiger partial charge >= 0.3 is 0 Å². The molecule has 0 amide bonds. The van der Waals surface area contributed by atoms with Crippen molar-refractivity contribution in [3.05, 3.63) is 18.6 Å². The summed E-state index contributed by atoms with van der Waals surface area (Å²) in [6.07, 6.45) is -0.0339. The molecule has 1 saturated heterocycles. The molecule has 7 nitrogen and oxygen atoms in total. The lowest BCUT2D eigenvalue weighted by atomic mass is 10.2. The Hall–Kier alpha value is -1.12. The number of aliphatic hydroxyl groups excluding tert-OH is 2. The maximum Gasteiger partial charge on any atom is 0.191 e. The highest BCUT2D eigenvalue weighted by molar-refractivity contribution is 6.49. The van der Waals surface area contributed by atoms with Crippen molar-refractivity contribution in [1.82, 2.24) is 14.5 Å². The van der Waals surface area contributed by atoms with Crippen LogP contribution < -0.4 is 5.73 Å². The van der Waals surface area contributed by atoms with Gasteiger partial charge in [-0.3, -0.25) is 0 Å². The minimum Gasteiger partial charge on any atom is -0.394 e. The number of aliphatic hydroxyl groups is 2. The van der Waals surface area contributed by atoms with E-state index in [1.54, 1.807) is 16.8 Å². The van der Waals surface area contributed by atoms with E-state index in [-0.39, 0.29) is 0 Å². The van der Waals surface area contributed by atoms with Crippen LogP contribution >= 0.6 is 23.2 Å². The molecule has 0 aliphatic carbocycles. The highest BCUT2D eigenvalue weighted by atomic mass is 35.5. The first-order valence-electron chi connectivity index (χ1n) is 5.86. The van der Waals surface area contributed by atoms with E-state index in [1.165, 1.54) is 6.33 Å². The van der Waals surface area contributed by atoms with Gasteiger partial charge in [-0.25, -0.2) is 9.97 Å². The summed E-state index contributed by atoms with van der Waals surface area (Å²) in [6.45, 7) is -0.394. The van der Waals surface area contributed by atoms with Crippen molar-refractivity contribution in [2.75, 3.05) is 12.3 Å².